The lowest BCUT2D eigenvalue weighted by molar-refractivity contribution is -0.183. The normalized spacial score (nSPS) is 21.5. The van der Waals surface area contributed by atoms with Gasteiger partial charge < -0.3 is 9.84 Å². The quantitative estimate of drug-likeness (QED) is 0.852. The van der Waals surface area contributed by atoms with Crippen LogP contribution in [0.3, 0.4) is 0 Å². The van der Waals surface area contributed by atoms with Crippen LogP contribution in [0.4, 0.5) is 13.2 Å². The number of cyclic esters (lactones) is 1. The molecule has 1 aliphatic heterocycles. The minimum Gasteiger partial charge on any atom is -0.425 e. The Bertz CT molecular complexity index is 643. The molecule has 0 fully saturated rings. The second-order valence-electron chi connectivity index (χ2n) is 6.25. The number of carbonyl (C=O) groups is 2. The van der Waals surface area contributed by atoms with Crippen molar-refractivity contribution < 1.29 is 32.6 Å². The zero-order chi connectivity index (χ0) is 16.9. The van der Waals surface area contributed by atoms with Crippen LogP contribution >= 0.6 is 0 Å². The molecule has 2 rings (SSSR count). The summed E-state index contributed by atoms with van der Waals surface area (Å²) in [6.07, 6.45) is -5.51. The van der Waals surface area contributed by atoms with Crippen LogP contribution in [0.15, 0.2) is 18.2 Å². The zero-order valence-electron chi connectivity index (χ0n) is 12.2. The first-order valence-electron chi connectivity index (χ1n) is 6.56. The summed E-state index contributed by atoms with van der Waals surface area (Å²) in [5.41, 5.74) is -3.14. The highest BCUT2D eigenvalue weighted by Crippen LogP contribution is 2.45. The average Bonchev–Trinajstić information content (AvgIpc) is 2.59. The van der Waals surface area contributed by atoms with Gasteiger partial charge in [-0.15, -0.1) is 0 Å². The lowest BCUT2D eigenvalue weighted by Gasteiger charge is -2.27. The molecule has 1 heterocycles. The number of carbonyl (C=O) groups excluding carboxylic acids is 2. The van der Waals surface area contributed by atoms with Gasteiger partial charge >= 0.3 is 12.1 Å². The van der Waals surface area contributed by atoms with Gasteiger partial charge in [0.15, 0.2) is 0 Å². The predicted molar refractivity (Wildman–Crippen MR) is 69.8 cm³/mol. The molecule has 0 aliphatic carbocycles. The van der Waals surface area contributed by atoms with Crippen molar-refractivity contribution in [3.05, 3.63) is 34.9 Å². The number of fused-ring (bicyclic) bond motifs is 1. The van der Waals surface area contributed by atoms with Gasteiger partial charge in [-0.1, -0.05) is 26.8 Å². The van der Waals surface area contributed by atoms with E-state index in [-0.39, 0.29) is 5.56 Å². The van der Waals surface area contributed by atoms with E-state index in [0.29, 0.717) is 0 Å². The maximum Gasteiger partial charge on any atom is 0.416 e. The van der Waals surface area contributed by atoms with Gasteiger partial charge in [0.1, 0.15) is 5.78 Å². The highest BCUT2D eigenvalue weighted by Gasteiger charge is 2.52. The van der Waals surface area contributed by atoms with Crippen molar-refractivity contribution >= 4 is 11.8 Å². The maximum absolute atomic E-state index is 13.1. The molecule has 120 valence electrons. The topological polar surface area (TPSA) is 63.6 Å². The number of hydrogen-bond donors (Lipinski definition) is 1. The molecule has 0 bridgehead atoms. The molecule has 0 radical (unpaired) electrons. The first-order chi connectivity index (χ1) is 9.86. The van der Waals surface area contributed by atoms with E-state index in [0.717, 1.165) is 18.2 Å². The number of rotatable bonds is 2. The lowest BCUT2D eigenvalue weighted by Crippen LogP contribution is -2.35. The molecule has 0 aromatic heterocycles. The van der Waals surface area contributed by atoms with Crippen molar-refractivity contribution in [3.8, 4) is 0 Å². The number of halogens is 3. The van der Waals surface area contributed by atoms with Crippen LogP contribution < -0.4 is 0 Å². The number of benzene rings is 1. The van der Waals surface area contributed by atoms with Crippen LogP contribution in [0, 0.1) is 5.41 Å². The molecule has 1 atom stereocenters. The standard InChI is InChI=1S/C15H15F3O4/c1-13(2,3)10(19)7-14(21)11-8(12(20)22-14)5-4-6-9(11)15(16,17)18/h4-6,21H,7H2,1-3H3. The maximum atomic E-state index is 13.1. The number of Topliss-reactive ketones (excluding diaryl/α,β-unsaturated/α-hetero) is 1. The number of ether oxygens (including phenoxy) is 1. The van der Waals surface area contributed by atoms with Crippen molar-refractivity contribution in [1.82, 2.24) is 0 Å². The summed E-state index contributed by atoms with van der Waals surface area (Å²) in [6.45, 7) is 4.68. The second-order valence-corrected chi connectivity index (χ2v) is 6.25. The van der Waals surface area contributed by atoms with Crippen LogP contribution in [0.2, 0.25) is 0 Å². The number of ketones is 1. The van der Waals surface area contributed by atoms with Gasteiger partial charge in [0.25, 0.3) is 0 Å². The Labute approximate surface area is 124 Å². The summed E-state index contributed by atoms with van der Waals surface area (Å²) < 4.78 is 44.1. The first-order valence-corrected chi connectivity index (χ1v) is 6.56. The summed E-state index contributed by atoms with van der Waals surface area (Å²) in [4.78, 5) is 23.8. The minimum atomic E-state index is -4.78. The highest BCUT2D eigenvalue weighted by molar-refractivity contribution is 5.96. The van der Waals surface area contributed by atoms with E-state index in [9.17, 15) is 27.9 Å². The average molecular weight is 316 g/mol. The van der Waals surface area contributed by atoms with Crippen molar-refractivity contribution in [2.24, 2.45) is 5.41 Å². The van der Waals surface area contributed by atoms with E-state index in [1.807, 2.05) is 0 Å². The number of esters is 1. The van der Waals surface area contributed by atoms with E-state index < -0.39 is 46.7 Å². The van der Waals surface area contributed by atoms with Gasteiger partial charge in [-0.05, 0) is 12.1 Å². The van der Waals surface area contributed by atoms with Crippen molar-refractivity contribution in [3.63, 3.8) is 0 Å². The fourth-order valence-corrected chi connectivity index (χ4v) is 2.25. The largest absolute Gasteiger partial charge is 0.425 e. The third kappa shape index (κ3) is 2.72. The van der Waals surface area contributed by atoms with Gasteiger partial charge in [-0.25, -0.2) is 4.79 Å². The molecule has 22 heavy (non-hydrogen) atoms. The van der Waals surface area contributed by atoms with E-state index in [1.54, 1.807) is 20.8 Å². The van der Waals surface area contributed by atoms with Crippen LogP contribution in [0.5, 0.6) is 0 Å². The molecule has 1 aromatic rings. The fourth-order valence-electron chi connectivity index (χ4n) is 2.25. The second kappa shape index (κ2) is 4.81. The van der Waals surface area contributed by atoms with E-state index in [2.05, 4.69) is 0 Å². The van der Waals surface area contributed by atoms with Crippen molar-refractivity contribution in [2.75, 3.05) is 0 Å². The van der Waals surface area contributed by atoms with E-state index in [1.165, 1.54) is 0 Å². The summed E-state index contributed by atoms with van der Waals surface area (Å²) >= 11 is 0. The van der Waals surface area contributed by atoms with Crippen molar-refractivity contribution in [2.45, 2.75) is 39.2 Å². The smallest absolute Gasteiger partial charge is 0.416 e. The van der Waals surface area contributed by atoms with Gasteiger partial charge in [0, 0.05) is 5.41 Å². The lowest BCUT2D eigenvalue weighted by atomic mass is 9.84. The summed E-state index contributed by atoms with van der Waals surface area (Å²) in [7, 11) is 0. The Morgan fingerprint density at radius 3 is 2.36 bits per heavy atom. The summed E-state index contributed by atoms with van der Waals surface area (Å²) in [5, 5.41) is 10.4. The van der Waals surface area contributed by atoms with Gasteiger partial charge in [-0.3, -0.25) is 4.79 Å². The monoisotopic (exact) mass is 316 g/mol. The molecule has 7 heteroatoms. The van der Waals surface area contributed by atoms with Crippen LogP contribution in [-0.4, -0.2) is 16.9 Å². The molecular formula is C15H15F3O4. The molecule has 1 aliphatic rings. The van der Waals surface area contributed by atoms with Gasteiger partial charge in [0.05, 0.1) is 23.1 Å². The van der Waals surface area contributed by atoms with Gasteiger partial charge in [-0.2, -0.15) is 13.2 Å². The molecular weight excluding hydrogens is 301 g/mol. The molecule has 1 aromatic carbocycles. The first kappa shape index (κ1) is 16.5. The zero-order valence-corrected chi connectivity index (χ0v) is 12.2. The third-order valence-corrected chi connectivity index (χ3v) is 3.48. The Morgan fingerprint density at radius 1 is 1.27 bits per heavy atom. The highest BCUT2D eigenvalue weighted by atomic mass is 19.4. The van der Waals surface area contributed by atoms with E-state index >= 15 is 0 Å². The predicted octanol–water partition coefficient (Wildman–Crippen LogP) is 3.03. The number of hydrogen-bond acceptors (Lipinski definition) is 4. The van der Waals surface area contributed by atoms with Crippen LogP contribution in [0.25, 0.3) is 0 Å². The number of alkyl halides is 3. The molecule has 1 unspecified atom stereocenters. The summed E-state index contributed by atoms with van der Waals surface area (Å²) in [5.74, 6) is -4.19. The van der Waals surface area contributed by atoms with Gasteiger partial charge in [0.2, 0.25) is 5.79 Å². The molecule has 4 nitrogen and oxygen atoms in total. The van der Waals surface area contributed by atoms with Crippen LogP contribution in [-0.2, 0) is 21.5 Å². The van der Waals surface area contributed by atoms with E-state index in [4.69, 9.17) is 4.74 Å². The number of aliphatic hydroxyl groups is 1. The molecule has 0 saturated carbocycles. The Kier molecular flexibility index (Phi) is 3.60. The Morgan fingerprint density at radius 2 is 1.86 bits per heavy atom. The SMILES string of the molecule is CC(C)(C)C(=O)CC1(O)OC(=O)c2cccc(C(F)(F)F)c21. The fraction of sp³-hybridized carbons (Fsp3) is 0.467. The Hall–Kier alpha value is -1.89. The molecule has 1 N–H and O–H groups in total. The van der Waals surface area contributed by atoms with Crippen molar-refractivity contribution in [1.29, 1.82) is 0 Å². The Balaban J connectivity index is 2.57. The minimum absolute atomic E-state index is 0.376. The molecule has 0 amide bonds. The third-order valence-electron chi connectivity index (χ3n) is 3.48. The van der Waals surface area contributed by atoms with Crippen LogP contribution in [0.1, 0.15) is 48.7 Å². The molecule has 0 saturated heterocycles. The summed E-state index contributed by atoms with van der Waals surface area (Å²) in [6, 6.07) is 2.93. The molecule has 0 spiro atoms.